The van der Waals surface area contributed by atoms with E-state index in [0.29, 0.717) is 0 Å². The third-order valence-electron chi connectivity index (χ3n) is 2.22. The number of allylic oxidation sites excluding steroid dienone is 1. The van der Waals surface area contributed by atoms with Crippen molar-refractivity contribution >= 4 is 0 Å². The van der Waals surface area contributed by atoms with Gasteiger partial charge in [0.2, 0.25) is 0 Å². The maximum Gasteiger partial charge on any atom is 0.0477 e. The van der Waals surface area contributed by atoms with Gasteiger partial charge in [0.1, 0.15) is 0 Å². The average molecular weight is 141 g/mol. The van der Waals surface area contributed by atoms with Crippen LogP contribution in [0.25, 0.3) is 0 Å². The van der Waals surface area contributed by atoms with Gasteiger partial charge in [0.15, 0.2) is 0 Å². The Balaban J connectivity index is 2.45. The predicted molar refractivity (Wildman–Crippen MR) is 41.5 cm³/mol. The molecule has 1 fully saturated rings. The minimum absolute atomic E-state index is 0.190. The van der Waals surface area contributed by atoms with Crippen LogP contribution in [0, 0.1) is 5.92 Å². The number of nitrogens with two attached hydrogens (primary N) is 1. The van der Waals surface area contributed by atoms with Crippen LogP contribution in [0.3, 0.4) is 0 Å². The number of aliphatic hydroxyl groups is 1. The largest absolute Gasteiger partial charge is 0.396 e. The molecule has 0 aromatic carbocycles. The fourth-order valence-electron chi connectivity index (χ4n) is 1.43. The molecule has 1 rings (SSSR count). The summed E-state index contributed by atoms with van der Waals surface area (Å²) in [4.78, 5) is 0. The van der Waals surface area contributed by atoms with E-state index in [0.717, 1.165) is 19.3 Å². The number of hydrogen-bond donors (Lipinski definition) is 2. The smallest absolute Gasteiger partial charge is 0.0477 e. The Kier molecular flexibility index (Phi) is 2.46. The highest BCUT2D eigenvalue weighted by atomic mass is 16.3. The Morgan fingerprint density at radius 3 is 2.90 bits per heavy atom. The molecular formula is C8H15NO. The summed E-state index contributed by atoms with van der Waals surface area (Å²) in [5.74, 6) is 0.265. The van der Waals surface area contributed by atoms with Crippen LogP contribution in [-0.4, -0.2) is 17.8 Å². The molecule has 2 unspecified atom stereocenters. The summed E-state index contributed by atoms with van der Waals surface area (Å²) in [5, 5.41) is 8.86. The summed E-state index contributed by atoms with van der Waals surface area (Å²) < 4.78 is 0. The summed E-state index contributed by atoms with van der Waals surface area (Å²) in [6.45, 7) is 4.09. The Morgan fingerprint density at radius 1 is 1.70 bits per heavy atom. The van der Waals surface area contributed by atoms with Crippen LogP contribution in [0.15, 0.2) is 12.2 Å². The fourth-order valence-corrected chi connectivity index (χ4v) is 1.43. The second-order valence-electron chi connectivity index (χ2n) is 3.10. The van der Waals surface area contributed by atoms with Crippen molar-refractivity contribution in [2.24, 2.45) is 11.7 Å². The van der Waals surface area contributed by atoms with E-state index < -0.39 is 0 Å². The van der Waals surface area contributed by atoms with Crippen molar-refractivity contribution in [1.29, 1.82) is 0 Å². The van der Waals surface area contributed by atoms with Crippen molar-refractivity contribution in [1.82, 2.24) is 0 Å². The molecule has 0 spiro atoms. The second-order valence-corrected chi connectivity index (χ2v) is 3.10. The number of hydrogen-bond acceptors (Lipinski definition) is 2. The molecule has 1 aliphatic rings. The molecular weight excluding hydrogens is 126 g/mol. The van der Waals surface area contributed by atoms with E-state index in [2.05, 4.69) is 6.58 Å². The summed E-state index contributed by atoms with van der Waals surface area (Å²) >= 11 is 0. The highest BCUT2D eigenvalue weighted by molar-refractivity contribution is 5.02. The van der Waals surface area contributed by atoms with Crippen LogP contribution in [0.1, 0.15) is 19.3 Å². The van der Waals surface area contributed by atoms with Crippen LogP contribution in [0.5, 0.6) is 0 Å². The predicted octanol–water partition coefficient (Wildman–Crippen LogP) is 0.662. The lowest BCUT2D eigenvalue weighted by atomic mass is 9.83. The zero-order valence-corrected chi connectivity index (χ0v) is 6.21. The monoisotopic (exact) mass is 141 g/mol. The lowest BCUT2D eigenvalue weighted by Gasteiger charge is -2.28. The lowest BCUT2D eigenvalue weighted by Crippen LogP contribution is -2.35. The summed E-state index contributed by atoms with van der Waals surface area (Å²) in [6.07, 6.45) is 2.94. The van der Waals surface area contributed by atoms with Gasteiger partial charge < -0.3 is 10.8 Å². The van der Waals surface area contributed by atoms with Crippen molar-refractivity contribution in [3.8, 4) is 0 Å². The molecule has 0 saturated heterocycles. The van der Waals surface area contributed by atoms with Crippen molar-refractivity contribution in [2.75, 3.05) is 6.61 Å². The second kappa shape index (κ2) is 3.17. The first kappa shape index (κ1) is 7.76. The van der Waals surface area contributed by atoms with Gasteiger partial charge in [-0.05, 0) is 19.3 Å². The molecule has 58 valence electrons. The molecule has 1 aliphatic carbocycles. The molecule has 3 N–H and O–H groups in total. The molecule has 10 heavy (non-hydrogen) atoms. The quantitative estimate of drug-likeness (QED) is 0.527. The number of aliphatic hydroxyl groups excluding tert-OH is 1. The van der Waals surface area contributed by atoms with Crippen LogP contribution >= 0.6 is 0 Å². The van der Waals surface area contributed by atoms with Gasteiger partial charge in [-0.1, -0.05) is 12.2 Å². The van der Waals surface area contributed by atoms with E-state index in [9.17, 15) is 0 Å². The first-order chi connectivity index (χ1) is 4.74. The zero-order chi connectivity index (χ0) is 7.56. The molecule has 2 atom stereocenters. The Morgan fingerprint density at radius 2 is 2.40 bits per heavy atom. The molecule has 2 nitrogen and oxygen atoms in total. The van der Waals surface area contributed by atoms with E-state index in [1.165, 1.54) is 5.57 Å². The SMILES string of the molecule is C=C1CCC(N)C(CO)C1. The molecule has 0 amide bonds. The average Bonchev–Trinajstić information content (AvgIpc) is 1.94. The third-order valence-corrected chi connectivity index (χ3v) is 2.22. The van der Waals surface area contributed by atoms with Gasteiger partial charge in [-0.25, -0.2) is 0 Å². The minimum atomic E-state index is 0.190. The van der Waals surface area contributed by atoms with Gasteiger partial charge >= 0.3 is 0 Å². The Labute approximate surface area is 61.7 Å². The van der Waals surface area contributed by atoms with Crippen molar-refractivity contribution in [3.05, 3.63) is 12.2 Å². The lowest BCUT2D eigenvalue weighted by molar-refractivity contribution is 0.188. The molecule has 0 bridgehead atoms. The van der Waals surface area contributed by atoms with Crippen LogP contribution in [0.2, 0.25) is 0 Å². The normalized spacial score (nSPS) is 34.4. The maximum atomic E-state index is 8.86. The zero-order valence-electron chi connectivity index (χ0n) is 6.21. The Hall–Kier alpha value is -0.340. The summed E-state index contributed by atoms with van der Waals surface area (Å²) in [5.41, 5.74) is 6.99. The molecule has 0 heterocycles. The van der Waals surface area contributed by atoms with Gasteiger partial charge in [0.25, 0.3) is 0 Å². The Bertz CT molecular complexity index is 133. The van der Waals surface area contributed by atoms with Crippen LogP contribution < -0.4 is 5.73 Å². The molecule has 0 aromatic heterocycles. The summed E-state index contributed by atoms with van der Waals surface area (Å²) in [7, 11) is 0. The molecule has 2 heteroatoms. The van der Waals surface area contributed by atoms with Gasteiger partial charge in [-0.2, -0.15) is 0 Å². The van der Waals surface area contributed by atoms with Crippen molar-refractivity contribution < 1.29 is 5.11 Å². The van der Waals surface area contributed by atoms with Crippen molar-refractivity contribution in [2.45, 2.75) is 25.3 Å². The van der Waals surface area contributed by atoms with Crippen molar-refractivity contribution in [3.63, 3.8) is 0 Å². The van der Waals surface area contributed by atoms with E-state index in [1.807, 2.05) is 0 Å². The first-order valence-corrected chi connectivity index (χ1v) is 3.77. The van der Waals surface area contributed by atoms with E-state index in [4.69, 9.17) is 10.8 Å². The highest BCUT2D eigenvalue weighted by Gasteiger charge is 2.22. The molecule has 0 aliphatic heterocycles. The van der Waals surface area contributed by atoms with E-state index in [1.54, 1.807) is 0 Å². The van der Waals surface area contributed by atoms with Crippen LogP contribution in [0.4, 0.5) is 0 Å². The third kappa shape index (κ3) is 1.58. The van der Waals surface area contributed by atoms with Gasteiger partial charge in [0.05, 0.1) is 0 Å². The van der Waals surface area contributed by atoms with Gasteiger partial charge in [-0.15, -0.1) is 0 Å². The standard InChI is InChI=1S/C8H15NO/c1-6-2-3-8(9)7(4-6)5-10/h7-8,10H,1-5,9H2. The number of rotatable bonds is 1. The molecule has 0 radical (unpaired) electrons. The van der Waals surface area contributed by atoms with E-state index >= 15 is 0 Å². The summed E-state index contributed by atoms with van der Waals surface area (Å²) in [6, 6.07) is 0.190. The molecule has 0 aromatic rings. The van der Waals surface area contributed by atoms with Gasteiger partial charge in [-0.3, -0.25) is 0 Å². The van der Waals surface area contributed by atoms with E-state index in [-0.39, 0.29) is 18.6 Å². The molecule has 1 saturated carbocycles. The minimum Gasteiger partial charge on any atom is -0.396 e. The highest BCUT2D eigenvalue weighted by Crippen LogP contribution is 2.25. The topological polar surface area (TPSA) is 46.2 Å². The fraction of sp³-hybridized carbons (Fsp3) is 0.750. The van der Waals surface area contributed by atoms with Crippen LogP contribution in [-0.2, 0) is 0 Å². The van der Waals surface area contributed by atoms with Gasteiger partial charge in [0, 0.05) is 18.6 Å². The first-order valence-electron chi connectivity index (χ1n) is 3.77. The maximum absolute atomic E-state index is 8.86.